The van der Waals surface area contributed by atoms with E-state index in [4.69, 9.17) is 5.11 Å². The summed E-state index contributed by atoms with van der Waals surface area (Å²) in [6, 6.07) is 0. The van der Waals surface area contributed by atoms with Gasteiger partial charge in [0.2, 0.25) is 0 Å². The first-order valence-corrected chi connectivity index (χ1v) is 5.37. The number of nitrogens with one attached hydrogen (secondary N) is 1. The number of aromatic nitrogens is 2. The maximum Gasteiger partial charge on any atom is 0.306 e. The normalized spacial score (nSPS) is 22.1. The first-order chi connectivity index (χ1) is 7.11. The van der Waals surface area contributed by atoms with Crippen LogP contribution in [0, 0.1) is 12.8 Å². The molecule has 82 valence electrons. The van der Waals surface area contributed by atoms with Gasteiger partial charge in [-0.15, -0.1) is 0 Å². The second-order valence-corrected chi connectivity index (χ2v) is 4.34. The second kappa shape index (κ2) is 3.68. The van der Waals surface area contributed by atoms with E-state index in [1.807, 2.05) is 6.92 Å². The van der Waals surface area contributed by atoms with E-state index in [0.717, 1.165) is 30.7 Å². The van der Waals surface area contributed by atoms with Gasteiger partial charge >= 0.3 is 5.97 Å². The Bertz CT molecular complexity index is 384. The number of H-pyrrole nitrogens is 1. The number of nitrogens with zero attached hydrogens (tertiary/aromatic N) is 1. The molecule has 2 rings (SSSR count). The molecule has 0 aliphatic heterocycles. The molecule has 0 radical (unpaired) electrons. The number of carboxylic acids is 1. The summed E-state index contributed by atoms with van der Waals surface area (Å²) in [6.07, 6.45) is 3.03. The molecule has 0 aromatic carbocycles. The maximum absolute atomic E-state index is 11.0. The number of fused-ring (bicyclic) bond motifs is 1. The summed E-state index contributed by atoms with van der Waals surface area (Å²) < 4.78 is 0. The highest BCUT2D eigenvalue weighted by Crippen LogP contribution is 2.36. The van der Waals surface area contributed by atoms with Gasteiger partial charge in [-0.1, -0.05) is 6.92 Å². The fourth-order valence-electron chi connectivity index (χ4n) is 2.39. The summed E-state index contributed by atoms with van der Waals surface area (Å²) in [7, 11) is 0. The molecule has 2 N–H and O–H groups in total. The van der Waals surface area contributed by atoms with Crippen LogP contribution in [0.15, 0.2) is 0 Å². The van der Waals surface area contributed by atoms with Gasteiger partial charge in [-0.25, -0.2) is 0 Å². The van der Waals surface area contributed by atoms with Gasteiger partial charge in [-0.2, -0.15) is 5.10 Å². The SMILES string of the molecule is Cc1[nH]nc2c1CCCC2C(C)C(=O)O. The second-order valence-electron chi connectivity index (χ2n) is 4.34. The van der Waals surface area contributed by atoms with E-state index < -0.39 is 5.97 Å². The van der Waals surface area contributed by atoms with Crippen molar-refractivity contribution in [1.29, 1.82) is 0 Å². The minimum atomic E-state index is -0.728. The standard InChI is InChI=1S/C11H16N2O2/c1-6(11(14)15)8-4-3-5-9-7(2)12-13-10(8)9/h6,8H,3-5H2,1-2H3,(H,12,13)(H,14,15). The van der Waals surface area contributed by atoms with Crippen molar-refractivity contribution in [2.75, 3.05) is 0 Å². The number of carbonyl (C=O) groups is 1. The monoisotopic (exact) mass is 208 g/mol. The highest BCUT2D eigenvalue weighted by Gasteiger charge is 2.32. The van der Waals surface area contributed by atoms with Gasteiger partial charge in [0.25, 0.3) is 0 Å². The molecule has 15 heavy (non-hydrogen) atoms. The molecule has 2 unspecified atom stereocenters. The summed E-state index contributed by atoms with van der Waals surface area (Å²) in [5.41, 5.74) is 3.31. The summed E-state index contributed by atoms with van der Waals surface area (Å²) in [5.74, 6) is -0.989. The lowest BCUT2D eigenvalue weighted by molar-refractivity contribution is -0.142. The minimum absolute atomic E-state index is 0.0798. The predicted octanol–water partition coefficient (Wildman–Crippen LogP) is 1.86. The van der Waals surface area contributed by atoms with Crippen LogP contribution in [0.2, 0.25) is 0 Å². The van der Waals surface area contributed by atoms with E-state index in [0.29, 0.717) is 0 Å². The van der Waals surface area contributed by atoms with Crippen LogP contribution in [-0.4, -0.2) is 21.3 Å². The Kier molecular flexibility index (Phi) is 2.50. The highest BCUT2D eigenvalue weighted by molar-refractivity contribution is 5.71. The van der Waals surface area contributed by atoms with Gasteiger partial charge in [-0.05, 0) is 31.7 Å². The number of aromatic amines is 1. The molecular weight excluding hydrogens is 192 g/mol. The Morgan fingerprint density at radius 1 is 1.67 bits per heavy atom. The van der Waals surface area contributed by atoms with Crippen molar-refractivity contribution in [3.05, 3.63) is 17.0 Å². The Morgan fingerprint density at radius 3 is 3.07 bits per heavy atom. The summed E-state index contributed by atoms with van der Waals surface area (Å²) in [4.78, 5) is 11.0. The van der Waals surface area contributed by atoms with Crippen LogP contribution < -0.4 is 0 Å². The van der Waals surface area contributed by atoms with Gasteiger partial charge in [0.1, 0.15) is 0 Å². The van der Waals surface area contributed by atoms with Crippen LogP contribution in [0.1, 0.15) is 42.6 Å². The van der Waals surface area contributed by atoms with E-state index in [1.165, 1.54) is 5.56 Å². The fraction of sp³-hybridized carbons (Fsp3) is 0.636. The molecule has 1 aromatic rings. The summed E-state index contributed by atoms with van der Waals surface area (Å²) in [6.45, 7) is 3.77. The smallest absolute Gasteiger partial charge is 0.306 e. The van der Waals surface area contributed by atoms with Crippen molar-refractivity contribution < 1.29 is 9.90 Å². The first kappa shape index (κ1) is 10.2. The predicted molar refractivity (Wildman–Crippen MR) is 55.8 cm³/mol. The number of hydrogen-bond donors (Lipinski definition) is 2. The molecular formula is C11H16N2O2. The zero-order valence-electron chi connectivity index (χ0n) is 9.08. The summed E-state index contributed by atoms with van der Waals surface area (Å²) >= 11 is 0. The zero-order valence-corrected chi connectivity index (χ0v) is 9.08. The van der Waals surface area contributed by atoms with Gasteiger partial charge in [0, 0.05) is 11.6 Å². The van der Waals surface area contributed by atoms with Crippen molar-refractivity contribution in [2.45, 2.75) is 39.0 Å². The quantitative estimate of drug-likeness (QED) is 0.779. The molecule has 0 fully saturated rings. The van der Waals surface area contributed by atoms with Crippen LogP contribution in [-0.2, 0) is 11.2 Å². The number of aliphatic carboxylic acids is 1. The molecule has 0 spiro atoms. The van der Waals surface area contributed by atoms with Gasteiger partial charge < -0.3 is 5.11 Å². The average Bonchev–Trinajstić information content (AvgIpc) is 2.59. The van der Waals surface area contributed by atoms with E-state index in [2.05, 4.69) is 10.2 Å². The van der Waals surface area contributed by atoms with E-state index >= 15 is 0 Å². The van der Waals surface area contributed by atoms with Gasteiger partial charge in [-0.3, -0.25) is 9.89 Å². The lowest BCUT2D eigenvalue weighted by Crippen LogP contribution is -2.22. The molecule has 0 bridgehead atoms. The van der Waals surface area contributed by atoms with E-state index in [1.54, 1.807) is 6.92 Å². The van der Waals surface area contributed by atoms with Crippen LogP contribution >= 0.6 is 0 Å². The lowest BCUT2D eigenvalue weighted by atomic mass is 9.79. The van der Waals surface area contributed by atoms with Crippen LogP contribution in [0.5, 0.6) is 0 Å². The van der Waals surface area contributed by atoms with Crippen LogP contribution in [0.25, 0.3) is 0 Å². The topological polar surface area (TPSA) is 66.0 Å². The molecule has 1 aromatic heterocycles. The van der Waals surface area contributed by atoms with E-state index in [-0.39, 0.29) is 11.8 Å². The number of rotatable bonds is 2. The average molecular weight is 208 g/mol. The molecule has 0 amide bonds. The molecule has 0 saturated carbocycles. The first-order valence-electron chi connectivity index (χ1n) is 5.37. The van der Waals surface area contributed by atoms with Crippen molar-refractivity contribution in [1.82, 2.24) is 10.2 Å². The molecule has 1 aliphatic carbocycles. The van der Waals surface area contributed by atoms with Crippen LogP contribution in [0.3, 0.4) is 0 Å². The number of hydrogen-bond acceptors (Lipinski definition) is 2. The Morgan fingerprint density at radius 2 is 2.40 bits per heavy atom. The highest BCUT2D eigenvalue weighted by atomic mass is 16.4. The Balaban J connectivity index is 2.34. The number of carboxylic acid groups (broad SMARTS) is 1. The third-order valence-corrected chi connectivity index (χ3v) is 3.39. The van der Waals surface area contributed by atoms with Crippen LogP contribution in [0.4, 0.5) is 0 Å². The maximum atomic E-state index is 11.0. The van der Waals surface area contributed by atoms with E-state index in [9.17, 15) is 4.79 Å². The molecule has 1 heterocycles. The molecule has 0 saturated heterocycles. The third-order valence-electron chi connectivity index (χ3n) is 3.39. The van der Waals surface area contributed by atoms with Crippen molar-refractivity contribution in [2.24, 2.45) is 5.92 Å². The third kappa shape index (κ3) is 1.64. The summed E-state index contributed by atoms with van der Waals surface area (Å²) in [5, 5.41) is 16.2. The zero-order chi connectivity index (χ0) is 11.0. The molecule has 1 aliphatic rings. The lowest BCUT2D eigenvalue weighted by Gasteiger charge is -2.24. The number of aryl methyl sites for hydroxylation is 1. The Hall–Kier alpha value is -1.32. The fourth-order valence-corrected chi connectivity index (χ4v) is 2.39. The van der Waals surface area contributed by atoms with Gasteiger partial charge in [0.15, 0.2) is 0 Å². The van der Waals surface area contributed by atoms with Crippen molar-refractivity contribution in [3.63, 3.8) is 0 Å². The largest absolute Gasteiger partial charge is 0.481 e. The van der Waals surface area contributed by atoms with Gasteiger partial charge in [0.05, 0.1) is 11.6 Å². The van der Waals surface area contributed by atoms with Crippen molar-refractivity contribution in [3.8, 4) is 0 Å². The van der Waals surface area contributed by atoms with Crippen molar-refractivity contribution >= 4 is 5.97 Å². The minimum Gasteiger partial charge on any atom is -0.481 e. The molecule has 2 atom stereocenters. The molecule has 4 heteroatoms. The molecule has 4 nitrogen and oxygen atoms in total. The Labute approximate surface area is 88.7 Å².